The van der Waals surface area contributed by atoms with Crippen LogP contribution < -0.4 is 5.73 Å². The van der Waals surface area contributed by atoms with Gasteiger partial charge in [-0.1, -0.05) is 12.1 Å². The van der Waals surface area contributed by atoms with Gasteiger partial charge in [0, 0.05) is 5.56 Å². The molecule has 0 bridgehead atoms. The summed E-state index contributed by atoms with van der Waals surface area (Å²) in [5, 5.41) is 9.30. The number of aromatic hydroxyl groups is 1. The van der Waals surface area contributed by atoms with Crippen LogP contribution in [0.1, 0.15) is 11.6 Å². The van der Waals surface area contributed by atoms with Gasteiger partial charge in [-0.25, -0.2) is 0 Å². The van der Waals surface area contributed by atoms with Crippen molar-refractivity contribution in [3.05, 3.63) is 28.2 Å². The van der Waals surface area contributed by atoms with E-state index in [1.54, 1.807) is 0 Å². The van der Waals surface area contributed by atoms with E-state index in [1.165, 1.54) is 12.1 Å². The summed E-state index contributed by atoms with van der Waals surface area (Å²) in [6, 6.07) is 1.78. The van der Waals surface area contributed by atoms with Crippen LogP contribution in [0.4, 0.5) is 13.2 Å². The highest BCUT2D eigenvalue weighted by molar-refractivity contribution is 9.10. The third-order valence-electron chi connectivity index (χ3n) is 1.71. The lowest BCUT2D eigenvalue weighted by atomic mass is 10.1. The average molecular weight is 270 g/mol. The SMILES string of the molecule is N[C@H](c1cccc(Br)c1O)C(F)(F)F. The van der Waals surface area contributed by atoms with Gasteiger partial charge >= 0.3 is 6.18 Å². The van der Waals surface area contributed by atoms with Crippen LogP contribution >= 0.6 is 15.9 Å². The molecule has 3 N–H and O–H groups in total. The molecule has 0 saturated carbocycles. The molecule has 6 heteroatoms. The molecule has 0 amide bonds. The van der Waals surface area contributed by atoms with Crippen LogP contribution in [0.15, 0.2) is 22.7 Å². The summed E-state index contributed by atoms with van der Waals surface area (Å²) in [4.78, 5) is 0. The maximum Gasteiger partial charge on any atom is 0.407 e. The van der Waals surface area contributed by atoms with Crippen LogP contribution in [0.5, 0.6) is 5.75 Å². The topological polar surface area (TPSA) is 46.2 Å². The Kier molecular flexibility index (Phi) is 3.06. The van der Waals surface area contributed by atoms with Crippen LogP contribution in [0, 0.1) is 0 Å². The van der Waals surface area contributed by atoms with E-state index in [0.29, 0.717) is 0 Å². The molecule has 0 spiro atoms. The number of hydrogen-bond donors (Lipinski definition) is 2. The number of alkyl halides is 3. The van der Waals surface area contributed by atoms with Crippen molar-refractivity contribution in [2.24, 2.45) is 5.73 Å². The lowest BCUT2D eigenvalue weighted by Gasteiger charge is -2.17. The molecule has 0 fully saturated rings. The molecule has 1 atom stereocenters. The summed E-state index contributed by atoms with van der Waals surface area (Å²) >= 11 is 2.91. The van der Waals surface area contributed by atoms with E-state index < -0.39 is 18.0 Å². The van der Waals surface area contributed by atoms with Gasteiger partial charge in [-0.2, -0.15) is 13.2 Å². The fraction of sp³-hybridized carbons (Fsp3) is 0.250. The first-order valence-corrected chi connectivity index (χ1v) is 4.43. The molecule has 1 rings (SSSR count). The van der Waals surface area contributed by atoms with E-state index in [-0.39, 0.29) is 10.0 Å². The van der Waals surface area contributed by atoms with Crippen molar-refractivity contribution >= 4 is 15.9 Å². The zero-order chi connectivity index (χ0) is 10.9. The maximum absolute atomic E-state index is 12.2. The van der Waals surface area contributed by atoms with Crippen LogP contribution in [-0.4, -0.2) is 11.3 Å². The molecule has 2 nitrogen and oxygen atoms in total. The number of phenols is 1. The van der Waals surface area contributed by atoms with Crippen molar-refractivity contribution in [2.45, 2.75) is 12.2 Å². The van der Waals surface area contributed by atoms with Crippen molar-refractivity contribution in [1.29, 1.82) is 0 Å². The van der Waals surface area contributed by atoms with Gasteiger partial charge in [-0.3, -0.25) is 0 Å². The Morgan fingerprint density at radius 2 is 1.93 bits per heavy atom. The van der Waals surface area contributed by atoms with E-state index in [1.807, 2.05) is 0 Å². The highest BCUT2D eigenvalue weighted by Crippen LogP contribution is 2.37. The minimum absolute atomic E-state index is 0.190. The molecule has 0 aromatic heterocycles. The number of halogens is 4. The standard InChI is InChI=1S/C8H7BrF3NO/c9-5-3-1-2-4(6(5)14)7(13)8(10,11)12/h1-3,7,14H,13H2/t7-/m1/s1. The van der Waals surface area contributed by atoms with Crippen LogP contribution in [0.3, 0.4) is 0 Å². The summed E-state index contributed by atoms with van der Waals surface area (Å²) in [7, 11) is 0. The second kappa shape index (κ2) is 3.78. The highest BCUT2D eigenvalue weighted by Gasteiger charge is 2.39. The van der Waals surface area contributed by atoms with Gasteiger partial charge in [0.05, 0.1) is 4.47 Å². The number of rotatable bonds is 1. The molecule has 0 heterocycles. The third-order valence-corrected chi connectivity index (χ3v) is 2.35. The van der Waals surface area contributed by atoms with Gasteiger partial charge < -0.3 is 10.8 Å². The van der Waals surface area contributed by atoms with Crippen molar-refractivity contribution in [1.82, 2.24) is 0 Å². The average Bonchev–Trinajstić information content (AvgIpc) is 2.07. The molecule has 0 radical (unpaired) electrons. The molecule has 0 aliphatic rings. The number of phenolic OH excluding ortho intramolecular Hbond substituents is 1. The second-order valence-corrected chi connectivity index (χ2v) is 3.55. The molecular weight excluding hydrogens is 263 g/mol. The summed E-state index contributed by atoms with van der Waals surface area (Å²) in [5.74, 6) is -0.475. The molecule has 0 aliphatic carbocycles. The van der Waals surface area contributed by atoms with E-state index in [9.17, 15) is 18.3 Å². The van der Waals surface area contributed by atoms with E-state index in [0.717, 1.165) is 6.07 Å². The summed E-state index contributed by atoms with van der Waals surface area (Å²) in [6.45, 7) is 0. The van der Waals surface area contributed by atoms with E-state index >= 15 is 0 Å². The van der Waals surface area contributed by atoms with Crippen LogP contribution in [-0.2, 0) is 0 Å². The smallest absolute Gasteiger partial charge is 0.407 e. The first-order valence-electron chi connectivity index (χ1n) is 3.63. The summed E-state index contributed by atoms with van der Waals surface area (Å²) in [6.07, 6.45) is -4.56. The number of nitrogens with two attached hydrogens (primary N) is 1. The lowest BCUT2D eigenvalue weighted by Crippen LogP contribution is -2.28. The first-order chi connectivity index (χ1) is 6.34. The van der Waals surface area contributed by atoms with Gasteiger partial charge in [0.1, 0.15) is 11.8 Å². The quantitative estimate of drug-likeness (QED) is 0.824. The maximum atomic E-state index is 12.2. The Hall–Kier alpha value is -0.750. The largest absolute Gasteiger partial charge is 0.506 e. The summed E-state index contributed by atoms with van der Waals surface area (Å²) < 4.78 is 36.8. The van der Waals surface area contributed by atoms with Gasteiger partial charge in [0.25, 0.3) is 0 Å². The van der Waals surface area contributed by atoms with Crippen molar-refractivity contribution in [3.8, 4) is 5.75 Å². The monoisotopic (exact) mass is 269 g/mol. The Morgan fingerprint density at radius 3 is 2.43 bits per heavy atom. The predicted molar refractivity (Wildman–Crippen MR) is 48.8 cm³/mol. The molecular formula is C8H7BrF3NO. The molecule has 14 heavy (non-hydrogen) atoms. The number of para-hydroxylation sites is 1. The zero-order valence-electron chi connectivity index (χ0n) is 6.85. The highest BCUT2D eigenvalue weighted by atomic mass is 79.9. The Morgan fingerprint density at radius 1 is 1.36 bits per heavy atom. The first kappa shape index (κ1) is 11.3. The van der Waals surface area contributed by atoms with Crippen molar-refractivity contribution in [3.63, 3.8) is 0 Å². The molecule has 78 valence electrons. The molecule has 0 aliphatic heterocycles. The number of benzene rings is 1. The lowest BCUT2D eigenvalue weighted by molar-refractivity contribution is -0.149. The fourth-order valence-corrected chi connectivity index (χ4v) is 1.34. The molecule has 0 saturated heterocycles. The summed E-state index contributed by atoms with van der Waals surface area (Å²) in [5.41, 5.74) is 4.60. The van der Waals surface area contributed by atoms with Crippen LogP contribution in [0.25, 0.3) is 0 Å². The molecule has 1 aromatic rings. The minimum Gasteiger partial charge on any atom is -0.506 e. The molecule has 0 unspecified atom stereocenters. The van der Waals surface area contributed by atoms with Gasteiger partial charge in [-0.05, 0) is 22.0 Å². The van der Waals surface area contributed by atoms with E-state index in [4.69, 9.17) is 5.73 Å². The minimum atomic E-state index is -4.56. The van der Waals surface area contributed by atoms with Crippen molar-refractivity contribution in [2.75, 3.05) is 0 Å². The Bertz CT molecular complexity index is 340. The number of hydrogen-bond acceptors (Lipinski definition) is 2. The zero-order valence-corrected chi connectivity index (χ0v) is 8.43. The fourth-order valence-electron chi connectivity index (χ4n) is 0.959. The van der Waals surface area contributed by atoms with Crippen LogP contribution in [0.2, 0.25) is 0 Å². The third kappa shape index (κ3) is 2.19. The molecule has 1 aromatic carbocycles. The van der Waals surface area contributed by atoms with Gasteiger partial charge in [-0.15, -0.1) is 0 Å². The van der Waals surface area contributed by atoms with Crippen molar-refractivity contribution < 1.29 is 18.3 Å². The Labute approximate surface area is 86.7 Å². The van der Waals surface area contributed by atoms with Gasteiger partial charge in [0.2, 0.25) is 0 Å². The second-order valence-electron chi connectivity index (χ2n) is 2.70. The predicted octanol–water partition coefficient (Wildman–Crippen LogP) is 2.72. The van der Waals surface area contributed by atoms with E-state index in [2.05, 4.69) is 15.9 Å². The van der Waals surface area contributed by atoms with Gasteiger partial charge in [0.15, 0.2) is 0 Å². The normalized spacial score (nSPS) is 14.1. The Balaban J connectivity index is 3.14.